The van der Waals surface area contributed by atoms with E-state index in [4.69, 9.17) is 9.47 Å². The van der Waals surface area contributed by atoms with Crippen LogP contribution in [0.3, 0.4) is 0 Å². The summed E-state index contributed by atoms with van der Waals surface area (Å²) in [5, 5.41) is 19.2. The first-order valence-corrected chi connectivity index (χ1v) is 16.7. The van der Waals surface area contributed by atoms with E-state index < -0.39 is 42.6 Å². The monoisotopic (exact) mass is 683 g/mol. The first-order chi connectivity index (χ1) is 23.6. The molecule has 3 N–H and O–H groups in total. The summed E-state index contributed by atoms with van der Waals surface area (Å²) in [5.74, 6) is -2.87. The smallest absolute Gasteiger partial charge is 0.409 e. The lowest BCUT2D eigenvalue weighted by Crippen LogP contribution is -2.56. The molecular formula is C33H45N7O9. The molecule has 5 amide bonds. The van der Waals surface area contributed by atoms with Gasteiger partial charge in [-0.3, -0.25) is 24.0 Å². The fraction of sp³-hybridized carbons (Fsp3) is 0.545. The Kier molecular flexibility index (Phi) is 13.4. The molecule has 2 atom stereocenters. The van der Waals surface area contributed by atoms with Gasteiger partial charge < -0.3 is 39.9 Å². The number of aromatic nitrogens is 2. The molecule has 2 aliphatic rings. The van der Waals surface area contributed by atoms with Crippen LogP contribution < -0.4 is 15.4 Å². The number of ether oxygens (including phenoxy) is 2. The van der Waals surface area contributed by atoms with Crippen molar-refractivity contribution in [2.24, 2.45) is 0 Å². The molecule has 3 heterocycles. The minimum absolute atomic E-state index is 0.0799. The van der Waals surface area contributed by atoms with E-state index in [0.717, 1.165) is 12.8 Å². The van der Waals surface area contributed by atoms with Crippen molar-refractivity contribution in [3.63, 3.8) is 0 Å². The average molecular weight is 684 g/mol. The minimum atomic E-state index is -1.18. The Morgan fingerprint density at radius 3 is 2.39 bits per heavy atom. The molecule has 49 heavy (non-hydrogen) atoms. The number of rotatable bonds is 15. The summed E-state index contributed by atoms with van der Waals surface area (Å²) < 4.78 is 12.3. The minimum Gasteiger partial charge on any atom is -0.481 e. The van der Waals surface area contributed by atoms with Gasteiger partial charge in [0.25, 0.3) is 11.8 Å². The maximum absolute atomic E-state index is 13.5. The third-order valence-corrected chi connectivity index (χ3v) is 8.33. The van der Waals surface area contributed by atoms with Gasteiger partial charge in [0.05, 0.1) is 12.3 Å². The normalized spacial score (nSPS) is 16.5. The number of nitrogens with zero attached hydrogens (tertiary/aromatic N) is 5. The van der Waals surface area contributed by atoms with Crippen molar-refractivity contribution in [3.05, 3.63) is 42.1 Å². The second-order valence-corrected chi connectivity index (χ2v) is 11.8. The van der Waals surface area contributed by atoms with Crippen LogP contribution in [0.1, 0.15) is 62.9 Å². The molecule has 1 aromatic heterocycles. The highest BCUT2D eigenvalue weighted by molar-refractivity contribution is 5.96. The predicted octanol–water partition coefficient (Wildman–Crippen LogP) is 1.42. The lowest BCUT2D eigenvalue weighted by molar-refractivity contribution is -0.140. The zero-order chi connectivity index (χ0) is 35.3. The molecule has 0 spiro atoms. The van der Waals surface area contributed by atoms with Gasteiger partial charge in [0, 0.05) is 51.8 Å². The number of hydrogen-bond donors (Lipinski definition) is 3. The van der Waals surface area contributed by atoms with E-state index in [9.17, 15) is 33.9 Å². The Morgan fingerprint density at radius 1 is 1.00 bits per heavy atom. The van der Waals surface area contributed by atoms with Gasteiger partial charge in [-0.15, -0.1) is 0 Å². The number of likely N-dealkylation sites (tertiary alicyclic amines) is 1. The van der Waals surface area contributed by atoms with Gasteiger partial charge in [0.1, 0.15) is 12.1 Å². The largest absolute Gasteiger partial charge is 0.481 e. The van der Waals surface area contributed by atoms with Crippen LogP contribution in [-0.2, 0) is 23.9 Å². The van der Waals surface area contributed by atoms with E-state index in [1.54, 1.807) is 37.3 Å². The van der Waals surface area contributed by atoms with Crippen LogP contribution in [0.2, 0.25) is 0 Å². The van der Waals surface area contributed by atoms with Crippen molar-refractivity contribution in [3.8, 4) is 11.6 Å². The van der Waals surface area contributed by atoms with Crippen LogP contribution in [0.15, 0.2) is 36.4 Å². The summed E-state index contributed by atoms with van der Waals surface area (Å²) in [7, 11) is 0. The van der Waals surface area contributed by atoms with Crippen LogP contribution in [0.25, 0.3) is 5.69 Å². The van der Waals surface area contributed by atoms with Crippen molar-refractivity contribution in [1.82, 2.24) is 35.1 Å². The highest BCUT2D eigenvalue weighted by atomic mass is 16.6. The number of carboxylic acid groups (broad SMARTS) is 1. The molecule has 16 nitrogen and oxygen atoms in total. The number of carbonyl (C=O) groups is 6. The summed E-state index contributed by atoms with van der Waals surface area (Å²) in [6.07, 6.45) is 2.00. The van der Waals surface area contributed by atoms with Crippen molar-refractivity contribution < 1.29 is 43.3 Å². The molecule has 2 fully saturated rings. The Balaban J connectivity index is 1.47. The number of aliphatic carboxylic acids is 1. The van der Waals surface area contributed by atoms with Crippen molar-refractivity contribution in [2.75, 3.05) is 52.5 Å². The van der Waals surface area contributed by atoms with Crippen molar-refractivity contribution >= 4 is 35.7 Å². The second-order valence-electron chi connectivity index (χ2n) is 11.8. The van der Waals surface area contributed by atoms with Gasteiger partial charge in [-0.1, -0.05) is 31.5 Å². The molecule has 0 bridgehead atoms. The molecule has 2 aliphatic heterocycles. The summed E-state index contributed by atoms with van der Waals surface area (Å²) in [6.45, 7) is 5.33. The maximum atomic E-state index is 13.5. The summed E-state index contributed by atoms with van der Waals surface area (Å²) in [6, 6.07) is 8.37. The fourth-order valence-corrected chi connectivity index (χ4v) is 5.70. The molecule has 0 saturated carbocycles. The number of amides is 5. The van der Waals surface area contributed by atoms with E-state index in [1.165, 1.54) is 25.4 Å². The van der Waals surface area contributed by atoms with Gasteiger partial charge in [-0.2, -0.15) is 5.10 Å². The molecule has 0 aliphatic carbocycles. The Morgan fingerprint density at radius 2 is 1.71 bits per heavy atom. The number of nitrogens with one attached hydrogen (secondary N) is 2. The lowest BCUT2D eigenvalue weighted by Gasteiger charge is -2.35. The molecule has 2 aromatic rings. The highest BCUT2D eigenvalue weighted by Crippen LogP contribution is 2.22. The number of hydrogen-bond acceptors (Lipinski definition) is 9. The number of piperazine rings is 1. The van der Waals surface area contributed by atoms with Crippen LogP contribution in [0.5, 0.6) is 5.88 Å². The molecule has 0 radical (unpaired) electrons. The molecule has 2 saturated heterocycles. The van der Waals surface area contributed by atoms with E-state index in [2.05, 4.69) is 15.7 Å². The zero-order valence-electron chi connectivity index (χ0n) is 28.0. The standard InChI is InChI=1S/C33H45N7O9/c1-3-5-15-34-31(45)26-12-9-16-39(26)27(41)22-49-28-21-25(36-40(28)23-10-7-6-8-11-23)30(44)35-24(13-14-29(42)43)32(46)37-17-19-38(20-18-37)33(47)48-4-2/h6-8,10-11,21,24,26H,3-5,9,12-20,22H2,1-2H3,(H,34,45)(H,35,44)(H,42,43). The molecule has 266 valence electrons. The average Bonchev–Trinajstić information content (AvgIpc) is 3.78. The number of carbonyl (C=O) groups excluding carboxylic acids is 5. The number of benzene rings is 1. The molecule has 4 rings (SSSR count). The Labute approximate surface area is 284 Å². The van der Waals surface area contributed by atoms with E-state index >= 15 is 0 Å². The second kappa shape index (κ2) is 17.8. The third kappa shape index (κ3) is 9.93. The summed E-state index contributed by atoms with van der Waals surface area (Å²) >= 11 is 0. The van der Waals surface area contributed by atoms with Gasteiger partial charge in [-0.05, 0) is 44.7 Å². The predicted molar refractivity (Wildman–Crippen MR) is 175 cm³/mol. The molecule has 1 aromatic carbocycles. The highest BCUT2D eigenvalue weighted by Gasteiger charge is 2.35. The third-order valence-electron chi connectivity index (χ3n) is 8.33. The fourth-order valence-electron chi connectivity index (χ4n) is 5.70. The van der Waals surface area contributed by atoms with Gasteiger partial charge in [0.15, 0.2) is 12.3 Å². The number of unbranched alkanes of at least 4 members (excludes halogenated alkanes) is 1. The quantitative estimate of drug-likeness (QED) is 0.231. The van der Waals surface area contributed by atoms with Gasteiger partial charge in [-0.25, -0.2) is 9.48 Å². The maximum Gasteiger partial charge on any atom is 0.409 e. The molecule has 16 heteroatoms. The van der Waals surface area contributed by atoms with Crippen molar-refractivity contribution in [2.45, 2.75) is 64.5 Å². The zero-order valence-corrected chi connectivity index (χ0v) is 28.0. The van der Waals surface area contributed by atoms with Crippen molar-refractivity contribution in [1.29, 1.82) is 0 Å². The Hall–Kier alpha value is -5.15. The SMILES string of the molecule is CCCCNC(=O)C1CCCN1C(=O)COc1cc(C(=O)NC(CCC(=O)O)C(=O)N2CCN(C(=O)OCC)CC2)nn1-c1ccccc1. The van der Waals surface area contributed by atoms with E-state index in [0.29, 0.717) is 31.6 Å². The van der Waals surface area contributed by atoms with Gasteiger partial charge >= 0.3 is 12.1 Å². The number of carboxylic acids is 1. The first-order valence-electron chi connectivity index (χ1n) is 16.7. The molecule has 2 unspecified atom stereocenters. The summed E-state index contributed by atoms with van der Waals surface area (Å²) in [4.78, 5) is 80.9. The summed E-state index contributed by atoms with van der Waals surface area (Å²) in [5.41, 5.74) is 0.414. The molecular weight excluding hydrogens is 638 g/mol. The Bertz CT molecular complexity index is 1470. The van der Waals surface area contributed by atoms with E-state index in [-0.39, 0.29) is 69.0 Å². The van der Waals surface area contributed by atoms with Crippen LogP contribution in [-0.4, -0.2) is 130 Å². The lowest BCUT2D eigenvalue weighted by atomic mass is 10.1. The van der Waals surface area contributed by atoms with Gasteiger partial charge in [0.2, 0.25) is 17.7 Å². The van der Waals surface area contributed by atoms with Crippen LogP contribution in [0, 0.1) is 0 Å². The van der Waals surface area contributed by atoms with Crippen LogP contribution in [0.4, 0.5) is 4.79 Å². The van der Waals surface area contributed by atoms with Crippen LogP contribution >= 0.6 is 0 Å². The topological polar surface area (TPSA) is 193 Å². The number of para-hydroxylation sites is 1. The first kappa shape index (κ1) is 36.7. The van der Waals surface area contributed by atoms with E-state index in [1.807, 2.05) is 6.92 Å².